The molecule has 0 unspecified atom stereocenters. The van der Waals surface area contributed by atoms with Crippen LogP contribution in [0.4, 0.5) is 13.2 Å². The zero-order chi connectivity index (χ0) is 19.1. The molecule has 5 nitrogen and oxygen atoms in total. The molecule has 1 aromatic rings. The lowest BCUT2D eigenvalue weighted by Crippen LogP contribution is -2.62. The maximum absolute atomic E-state index is 13.8. The van der Waals surface area contributed by atoms with Gasteiger partial charge in [-0.25, -0.2) is 0 Å². The highest BCUT2D eigenvalue weighted by atomic mass is 19.4. The van der Waals surface area contributed by atoms with Crippen LogP contribution in [0.2, 0.25) is 0 Å². The summed E-state index contributed by atoms with van der Waals surface area (Å²) in [6.07, 6.45) is -4.07. The summed E-state index contributed by atoms with van der Waals surface area (Å²) in [4.78, 5) is 12.6. The van der Waals surface area contributed by atoms with Gasteiger partial charge in [0.05, 0.1) is 19.4 Å². The average Bonchev–Trinajstić information content (AvgIpc) is 2.89. The number of halogens is 3. The minimum Gasteiger partial charge on any atom is -0.497 e. The number of benzene rings is 1. The highest BCUT2D eigenvalue weighted by Crippen LogP contribution is 2.49. The van der Waals surface area contributed by atoms with Crippen LogP contribution in [0.1, 0.15) is 31.7 Å². The van der Waals surface area contributed by atoms with Crippen molar-refractivity contribution in [3.63, 3.8) is 0 Å². The lowest BCUT2D eigenvalue weighted by Gasteiger charge is -2.39. The lowest BCUT2D eigenvalue weighted by atomic mass is 9.76. The molecule has 0 radical (unpaired) electrons. The Hall–Kier alpha value is -2.09. The molecule has 0 bridgehead atoms. The van der Waals surface area contributed by atoms with Gasteiger partial charge in [-0.05, 0) is 42.9 Å². The van der Waals surface area contributed by atoms with Gasteiger partial charge in [-0.15, -0.1) is 0 Å². The van der Waals surface area contributed by atoms with E-state index in [-0.39, 0.29) is 29.5 Å². The van der Waals surface area contributed by atoms with Crippen molar-refractivity contribution < 1.29 is 27.8 Å². The zero-order valence-corrected chi connectivity index (χ0v) is 14.6. The number of amides is 1. The van der Waals surface area contributed by atoms with Crippen LogP contribution in [0.5, 0.6) is 5.75 Å². The first-order valence-electron chi connectivity index (χ1n) is 8.49. The summed E-state index contributed by atoms with van der Waals surface area (Å²) in [5.74, 6) is -1.48. The largest absolute Gasteiger partial charge is 0.497 e. The molecule has 3 atom stereocenters. The third kappa shape index (κ3) is 3.06. The molecule has 1 aliphatic carbocycles. The zero-order valence-electron chi connectivity index (χ0n) is 14.6. The molecule has 1 heterocycles. The monoisotopic (exact) mass is 370 g/mol. The fraction of sp³-hybridized carbons (Fsp3) is 0.556. The van der Waals surface area contributed by atoms with E-state index in [2.05, 4.69) is 5.10 Å². The number of hydrazone groups is 1. The van der Waals surface area contributed by atoms with E-state index in [1.54, 1.807) is 24.3 Å². The molecule has 1 aliphatic heterocycles. The van der Waals surface area contributed by atoms with Gasteiger partial charge in [-0.2, -0.15) is 23.3 Å². The topological polar surface area (TPSA) is 62.1 Å². The predicted molar refractivity (Wildman–Crippen MR) is 88.5 cm³/mol. The number of nitrogens with zero attached hydrogens (tertiary/aromatic N) is 2. The van der Waals surface area contributed by atoms with Gasteiger partial charge < -0.3 is 9.84 Å². The fourth-order valence-corrected chi connectivity index (χ4v) is 3.65. The number of rotatable bonds is 3. The first-order chi connectivity index (χ1) is 12.2. The maximum Gasteiger partial charge on any atom is 0.439 e. The van der Waals surface area contributed by atoms with Crippen LogP contribution in [-0.2, 0) is 11.2 Å². The van der Waals surface area contributed by atoms with Crippen molar-refractivity contribution >= 4 is 11.6 Å². The Morgan fingerprint density at radius 1 is 1.38 bits per heavy atom. The number of hydrogen-bond donors (Lipinski definition) is 1. The molecule has 3 rings (SSSR count). The molecule has 142 valence electrons. The molecule has 1 saturated carbocycles. The van der Waals surface area contributed by atoms with Crippen LogP contribution in [0, 0.1) is 11.8 Å². The molecule has 0 spiro atoms. The van der Waals surface area contributed by atoms with Crippen molar-refractivity contribution in [3.05, 3.63) is 29.8 Å². The van der Waals surface area contributed by atoms with Crippen LogP contribution < -0.4 is 4.74 Å². The number of hydrogen-bond acceptors (Lipinski definition) is 4. The standard InChI is InChI=1S/C18H21F3N2O3/c1-11-3-8-15-14(9-11)17(25,18(19,20)21)23(22-15)16(24)10-12-4-6-13(26-2)7-5-12/h4-7,11,14,25H,3,8-10H2,1-2H3/t11-,14+,17+/m0/s1. The predicted octanol–water partition coefficient (Wildman–Crippen LogP) is 3.12. The van der Waals surface area contributed by atoms with Crippen molar-refractivity contribution in [2.45, 2.75) is 44.5 Å². The van der Waals surface area contributed by atoms with Gasteiger partial charge in [0.2, 0.25) is 5.91 Å². The molecular weight excluding hydrogens is 349 g/mol. The van der Waals surface area contributed by atoms with Crippen LogP contribution in [0.3, 0.4) is 0 Å². The minimum atomic E-state index is -4.99. The van der Waals surface area contributed by atoms with Crippen molar-refractivity contribution in [1.29, 1.82) is 0 Å². The van der Waals surface area contributed by atoms with Gasteiger partial charge in [-0.1, -0.05) is 19.1 Å². The van der Waals surface area contributed by atoms with Crippen molar-refractivity contribution in [2.24, 2.45) is 16.9 Å². The Morgan fingerprint density at radius 3 is 2.62 bits per heavy atom. The maximum atomic E-state index is 13.8. The summed E-state index contributed by atoms with van der Waals surface area (Å²) in [7, 11) is 1.49. The normalized spacial score (nSPS) is 28.5. The Bertz CT molecular complexity index is 717. The first kappa shape index (κ1) is 18.7. The lowest BCUT2D eigenvalue weighted by molar-refractivity contribution is -0.317. The summed E-state index contributed by atoms with van der Waals surface area (Å²) in [6.45, 7) is 1.84. The Balaban J connectivity index is 1.88. The van der Waals surface area contributed by atoms with Gasteiger partial charge in [-0.3, -0.25) is 4.79 Å². The van der Waals surface area contributed by atoms with E-state index in [1.165, 1.54) is 7.11 Å². The number of carbonyl (C=O) groups is 1. The molecule has 1 N–H and O–H groups in total. The van der Waals surface area contributed by atoms with E-state index in [0.29, 0.717) is 24.2 Å². The van der Waals surface area contributed by atoms with Gasteiger partial charge in [0.15, 0.2) is 0 Å². The number of carbonyl (C=O) groups excluding carboxylic acids is 1. The van der Waals surface area contributed by atoms with Crippen LogP contribution in [-0.4, -0.2) is 40.7 Å². The van der Waals surface area contributed by atoms with Gasteiger partial charge in [0.25, 0.3) is 5.72 Å². The van der Waals surface area contributed by atoms with Crippen molar-refractivity contribution in [1.82, 2.24) is 5.01 Å². The van der Waals surface area contributed by atoms with Gasteiger partial charge in [0.1, 0.15) is 5.75 Å². The second-order valence-electron chi connectivity index (χ2n) is 6.98. The molecule has 1 amide bonds. The summed E-state index contributed by atoms with van der Waals surface area (Å²) in [6, 6.07) is 6.44. The van der Waals surface area contributed by atoms with E-state index in [1.807, 2.05) is 6.92 Å². The Labute approximate surface area is 149 Å². The molecule has 0 aromatic heterocycles. The second-order valence-corrected chi connectivity index (χ2v) is 6.98. The summed E-state index contributed by atoms with van der Waals surface area (Å²) < 4.78 is 46.3. The highest BCUT2D eigenvalue weighted by Gasteiger charge is 2.68. The smallest absolute Gasteiger partial charge is 0.439 e. The summed E-state index contributed by atoms with van der Waals surface area (Å²) >= 11 is 0. The second kappa shape index (κ2) is 6.57. The van der Waals surface area contributed by atoms with Gasteiger partial charge >= 0.3 is 6.18 Å². The van der Waals surface area contributed by atoms with E-state index in [0.717, 1.165) is 0 Å². The summed E-state index contributed by atoms with van der Waals surface area (Å²) in [5.41, 5.74) is -2.50. The van der Waals surface area contributed by atoms with Crippen molar-refractivity contribution in [3.8, 4) is 5.75 Å². The number of aliphatic hydroxyl groups is 1. The van der Waals surface area contributed by atoms with Gasteiger partial charge in [0, 0.05) is 5.71 Å². The molecule has 1 aromatic carbocycles. The molecule has 8 heteroatoms. The van der Waals surface area contributed by atoms with Crippen LogP contribution in [0.25, 0.3) is 0 Å². The molecule has 26 heavy (non-hydrogen) atoms. The van der Waals surface area contributed by atoms with E-state index in [4.69, 9.17) is 4.74 Å². The van der Waals surface area contributed by atoms with Crippen LogP contribution >= 0.6 is 0 Å². The van der Waals surface area contributed by atoms with Crippen LogP contribution in [0.15, 0.2) is 29.4 Å². The minimum absolute atomic E-state index is 0.0319. The molecular formula is C18H21F3N2O3. The SMILES string of the molecule is COc1ccc(CC(=O)N2N=C3CC[C@H](C)C[C@H]3[C@@]2(O)C(F)(F)F)cc1. The first-order valence-corrected chi connectivity index (χ1v) is 8.49. The number of fused-ring (bicyclic) bond motifs is 1. The Kier molecular flexibility index (Phi) is 4.72. The summed E-state index contributed by atoms with van der Waals surface area (Å²) in [5, 5.41) is 14.7. The van der Waals surface area contributed by atoms with Crippen molar-refractivity contribution in [2.75, 3.05) is 7.11 Å². The van der Waals surface area contributed by atoms with E-state index >= 15 is 0 Å². The molecule has 0 saturated heterocycles. The third-order valence-electron chi connectivity index (χ3n) is 5.14. The number of ether oxygens (including phenoxy) is 1. The molecule has 2 aliphatic rings. The fourth-order valence-electron chi connectivity index (χ4n) is 3.65. The number of alkyl halides is 3. The molecule has 1 fully saturated rings. The Morgan fingerprint density at radius 2 is 2.04 bits per heavy atom. The van der Waals surface area contributed by atoms with E-state index < -0.39 is 23.7 Å². The number of methoxy groups -OCH3 is 1. The van der Waals surface area contributed by atoms with E-state index in [9.17, 15) is 23.1 Å². The average molecular weight is 370 g/mol. The third-order valence-corrected chi connectivity index (χ3v) is 5.14. The quantitative estimate of drug-likeness (QED) is 0.889. The highest BCUT2D eigenvalue weighted by molar-refractivity contribution is 5.93.